The maximum atomic E-state index is 10.8. The van der Waals surface area contributed by atoms with Crippen molar-refractivity contribution in [3.63, 3.8) is 0 Å². The van der Waals surface area contributed by atoms with E-state index in [0.717, 1.165) is 43.5 Å². The number of rotatable bonds is 3. The Morgan fingerprint density at radius 2 is 2.35 bits per heavy atom. The quantitative estimate of drug-likeness (QED) is 0.751. The summed E-state index contributed by atoms with van der Waals surface area (Å²) in [6.07, 6.45) is 2.28. The molecule has 92 valence electrons. The van der Waals surface area contributed by atoms with Crippen molar-refractivity contribution in [1.82, 2.24) is 0 Å². The highest BCUT2D eigenvalue weighted by Gasteiger charge is 2.19. The molecule has 1 atom stereocenters. The molecule has 1 aliphatic rings. The van der Waals surface area contributed by atoms with Crippen LogP contribution in [-0.4, -0.2) is 32.1 Å². The largest absolute Gasteiger partial charge is 0.375 e. The van der Waals surface area contributed by atoms with E-state index < -0.39 is 0 Å². The van der Waals surface area contributed by atoms with Crippen LogP contribution >= 0.6 is 0 Å². The number of aldehydes is 1. The SMILES string of the molecule is CCC1CN(c2ccc(C=O)c(C)c2)CCO1. The van der Waals surface area contributed by atoms with Gasteiger partial charge in [0.1, 0.15) is 6.29 Å². The summed E-state index contributed by atoms with van der Waals surface area (Å²) < 4.78 is 5.66. The van der Waals surface area contributed by atoms with E-state index in [-0.39, 0.29) is 0 Å². The number of morpholine rings is 1. The highest BCUT2D eigenvalue weighted by molar-refractivity contribution is 5.78. The number of aryl methyl sites for hydroxylation is 1. The van der Waals surface area contributed by atoms with E-state index in [1.54, 1.807) is 0 Å². The van der Waals surface area contributed by atoms with Gasteiger partial charge in [-0.15, -0.1) is 0 Å². The van der Waals surface area contributed by atoms with Crippen LogP contribution in [0.25, 0.3) is 0 Å². The first kappa shape index (κ1) is 12.1. The van der Waals surface area contributed by atoms with Crippen LogP contribution in [-0.2, 0) is 4.74 Å². The van der Waals surface area contributed by atoms with Crippen LogP contribution in [0.5, 0.6) is 0 Å². The smallest absolute Gasteiger partial charge is 0.150 e. The van der Waals surface area contributed by atoms with E-state index in [9.17, 15) is 4.79 Å². The van der Waals surface area contributed by atoms with Gasteiger partial charge in [-0.1, -0.05) is 6.92 Å². The number of carbonyl (C=O) groups excluding carboxylic acids is 1. The third-order valence-corrected chi connectivity index (χ3v) is 3.34. The third kappa shape index (κ3) is 2.67. The topological polar surface area (TPSA) is 29.5 Å². The molecule has 0 aliphatic carbocycles. The number of anilines is 1. The summed E-state index contributed by atoms with van der Waals surface area (Å²) in [6.45, 7) is 6.78. The zero-order valence-electron chi connectivity index (χ0n) is 10.5. The van der Waals surface area contributed by atoms with Gasteiger partial charge in [-0.05, 0) is 37.1 Å². The van der Waals surface area contributed by atoms with Gasteiger partial charge < -0.3 is 9.64 Å². The first-order valence-electron chi connectivity index (χ1n) is 6.17. The van der Waals surface area contributed by atoms with Crippen LogP contribution in [0, 0.1) is 6.92 Å². The maximum Gasteiger partial charge on any atom is 0.150 e. The average molecular weight is 233 g/mol. The predicted molar refractivity (Wildman–Crippen MR) is 68.8 cm³/mol. The Kier molecular flexibility index (Phi) is 3.79. The van der Waals surface area contributed by atoms with E-state index >= 15 is 0 Å². The second-order valence-corrected chi connectivity index (χ2v) is 4.51. The number of carbonyl (C=O) groups is 1. The molecule has 1 heterocycles. The van der Waals surface area contributed by atoms with E-state index in [0.29, 0.717) is 6.10 Å². The van der Waals surface area contributed by atoms with Gasteiger partial charge in [0, 0.05) is 24.3 Å². The van der Waals surface area contributed by atoms with Crippen molar-refractivity contribution < 1.29 is 9.53 Å². The summed E-state index contributed by atoms with van der Waals surface area (Å²) in [5.41, 5.74) is 3.00. The minimum absolute atomic E-state index is 0.329. The fourth-order valence-electron chi connectivity index (χ4n) is 2.19. The van der Waals surface area contributed by atoms with Gasteiger partial charge in [0.15, 0.2) is 0 Å². The van der Waals surface area contributed by atoms with E-state index in [1.807, 2.05) is 19.1 Å². The lowest BCUT2D eigenvalue weighted by atomic mass is 10.1. The molecule has 1 fully saturated rings. The van der Waals surface area contributed by atoms with Gasteiger partial charge in [-0.25, -0.2) is 0 Å². The van der Waals surface area contributed by atoms with Gasteiger partial charge in [0.05, 0.1) is 12.7 Å². The first-order valence-corrected chi connectivity index (χ1v) is 6.17. The molecule has 1 aliphatic heterocycles. The van der Waals surface area contributed by atoms with Crippen LogP contribution < -0.4 is 4.90 Å². The number of ether oxygens (including phenoxy) is 1. The molecular formula is C14H19NO2. The van der Waals surface area contributed by atoms with Crippen molar-refractivity contribution in [2.24, 2.45) is 0 Å². The Bertz CT molecular complexity index is 403. The summed E-state index contributed by atoms with van der Waals surface area (Å²) in [5.74, 6) is 0. The predicted octanol–water partition coefficient (Wildman–Crippen LogP) is 2.42. The molecule has 0 N–H and O–H groups in total. The van der Waals surface area contributed by atoms with Crippen molar-refractivity contribution in [1.29, 1.82) is 0 Å². The van der Waals surface area contributed by atoms with Crippen LogP contribution in [0.4, 0.5) is 5.69 Å². The first-order chi connectivity index (χ1) is 8.24. The van der Waals surface area contributed by atoms with E-state index in [4.69, 9.17) is 4.74 Å². The van der Waals surface area contributed by atoms with Gasteiger partial charge in [0.2, 0.25) is 0 Å². The Morgan fingerprint density at radius 3 is 3.00 bits per heavy atom. The maximum absolute atomic E-state index is 10.8. The molecule has 3 nitrogen and oxygen atoms in total. The number of hydrogen-bond acceptors (Lipinski definition) is 3. The van der Waals surface area contributed by atoms with Crippen molar-refractivity contribution in [3.05, 3.63) is 29.3 Å². The van der Waals surface area contributed by atoms with Gasteiger partial charge in [-0.3, -0.25) is 4.79 Å². The molecule has 3 heteroatoms. The molecule has 0 bridgehead atoms. The van der Waals surface area contributed by atoms with Crippen molar-refractivity contribution in [2.45, 2.75) is 26.4 Å². The molecule has 0 saturated carbocycles. The number of benzene rings is 1. The van der Waals surface area contributed by atoms with Crippen LogP contribution in [0.1, 0.15) is 29.3 Å². The number of hydrogen-bond donors (Lipinski definition) is 0. The fourth-order valence-corrected chi connectivity index (χ4v) is 2.19. The summed E-state index contributed by atoms with van der Waals surface area (Å²) >= 11 is 0. The summed E-state index contributed by atoms with van der Waals surface area (Å²) in [6, 6.07) is 6.00. The monoisotopic (exact) mass is 233 g/mol. The summed E-state index contributed by atoms with van der Waals surface area (Å²) in [4.78, 5) is 13.1. The Hall–Kier alpha value is -1.35. The lowest BCUT2D eigenvalue weighted by molar-refractivity contribution is 0.0384. The molecule has 2 rings (SSSR count). The minimum atomic E-state index is 0.329. The van der Waals surface area contributed by atoms with Gasteiger partial charge in [-0.2, -0.15) is 0 Å². The fraction of sp³-hybridized carbons (Fsp3) is 0.500. The van der Waals surface area contributed by atoms with Crippen LogP contribution in [0.3, 0.4) is 0 Å². The van der Waals surface area contributed by atoms with Gasteiger partial charge in [0.25, 0.3) is 0 Å². The summed E-state index contributed by atoms with van der Waals surface area (Å²) in [7, 11) is 0. The second kappa shape index (κ2) is 5.32. The van der Waals surface area contributed by atoms with E-state index in [2.05, 4.69) is 17.9 Å². The van der Waals surface area contributed by atoms with Crippen molar-refractivity contribution >= 4 is 12.0 Å². The molecule has 0 spiro atoms. The zero-order chi connectivity index (χ0) is 12.3. The minimum Gasteiger partial charge on any atom is -0.375 e. The highest BCUT2D eigenvalue weighted by Crippen LogP contribution is 2.21. The normalized spacial score (nSPS) is 20.4. The standard InChI is InChI=1S/C14H19NO2/c1-3-14-9-15(6-7-17-14)13-5-4-12(10-16)11(2)8-13/h4-5,8,10,14H,3,6-7,9H2,1-2H3. The molecular weight excluding hydrogens is 214 g/mol. The average Bonchev–Trinajstić information content (AvgIpc) is 2.38. The van der Waals surface area contributed by atoms with Crippen molar-refractivity contribution in [2.75, 3.05) is 24.6 Å². The molecule has 0 aromatic heterocycles. The molecule has 0 amide bonds. The Morgan fingerprint density at radius 1 is 1.53 bits per heavy atom. The third-order valence-electron chi connectivity index (χ3n) is 3.34. The van der Waals surface area contributed by atoms with Crippen LogP contribution in [0.2, 0.25) is 0 Å². The highest BCUT2D eigenvalue weighted by atomic mass is 16.5. The second-order valence-electron chi connectivity index (χ2n) is 4.51. The molecule has 1 aromatic rings. The van der Waals surface area contributed by atoms with Crippen LogP contribution in [0.15, 0.2) is 18.2 Å². The molecule has 1 unspecified atom stereocenters. The molecule has 0 radical (unpaired) electrons. The Balaban J connectivity index is 2.16. The molecule has 1 saturated heterocycles. The zero-order valence-corrected chi connectivity index (χ0v) is 10.5. The molecule has 17 heavy (non-hydrogen) atoms. The number of nitrogens with zero attached hydrogens (tertiary/aromatic N) is 1. The Labute approximate surface area is 102 Å². The van der Waals surface area contributed by atoms with E-state index in [1.165, 1.54) is 5.69 Å². The lowest BCUT2D eigenvalue weighted by Gasteiger charge is -2.34. The van der Waals surface area contributed by atoms with Gasteiger partial charge >= 0.3 is 0 Å². The summed E-state index contributed by atoms with van der Waals surface area (Å²) in [5, 5.41) is 0. The van der Waals surface area contributed by atoms with Crippen molar-refractivity contribution in [3.8, 4) is 0 Å². The lowest BCUT2D eigenvalue weighted by Crippen LogP contribution is -2.42. The molecule has 1 aromatic carbocycles.